The fourth-order valence-corrected chi connectivity index (χ4v) is 8.52. The summed E-state index contributed by atoms with van der Waals surface area (Å²) in [6.07, 6.45) is 19.8. The highest BCUT2D eigenvalue weighted by atomic mass is 32.2. The van der Waals surface area contributed by atoms with Gasteiger partial charge in [-0.15, -0.1) is 23.5 Å². The number of aromatic nitrogens is 2. The van der Waals surface area contributed by atoms with Gasteiger partial charge in [0.1, 0.15) is 5.75 Å². The molecule has 0 spiro atoms. The van der Waals surface area contributed by atoms with Gasteiger partial charge in [-0.1, -0.05) is 58.8 Å². The second kappa shape index (κ2) is 15.2. The molecule has 4 nitrogen and oxygen atoms in total. The summed E-state index contributed by atoms with van der Waals surface area (Å²) >= 11 is 3.84. The van der Waals surface area contributed by atoms with Crippen molar-refractivity contribution in [2.45, 2.75) is 101 Å². The Hall–Kier alpha value is -1.53. The third-order valence-corrected chi connectivity index (χ3v) is 11.1. The van der Waals surface area contributed by atoms with Crippen molar-refractivity contribution in [3.8, 4) is 17.1 Å². The van der Waals surface area contributed by atoms with Crippen LogP contribution in [0.2, 0.25) is 0 Å². The summed E-state index contributed by atoms with van der Waals surface area (Å²) in [5.74, 6) is 4.42. The summed E-state index contributed by atoms with van der Waals surface area (Å²) in [5, 5.41) is 0. The molecule has 6 heteroatoms. The molecule has 0 unspecified atom stereocenters. The van der Waals surface area contributed by atoms with E-state index in [0.29, 0.717) is 16.2 Å². The quantitative estimate of drug-likeness (QED) is 0.152. The lowest BCUT2D eigenvalue weighted by atomic mass is 9.77. The maximum absolute atomic E-state index is 12.7. The fraction of sp³-hybridized carbons (Fsp3) is 0.645. The first-order valence-corrected chi connectivity index (χ1v) is 16.6. The smallest absolute Gasteiger partial charge is 0.316 e. The van der Waals surface area contributed by atoms with Gasteiger partial charge in [-0.3, -0.25) is 4.79 Å². The standard InChI is InChI=1S/C31H44N2O2S2/c1-3-5-7-9-23-11-13-24(14-12-23)26-19-32-30(33-20-26)25-15-17-28(18-16-25)35-31(34)27-21-36-29(37-22-27)10-8-6-4-2/h15-20,23-24,27,29H,3-14,21-22H2,1-2H3/t23-,24-,27?,29?. The van der Waals surface area contributed by atoms with E-state index in [9.17, 15) is 4.79 Å². The number of nitrogens with zero attached hydrogens (tertiary/aromatic N) is 2. The number of rotatable bonds is 12. The van der Waals surface area contributed by atoms with E-state index in [0.717, 1.165) is 28.8 Å². The van der Waals surface area contributed by atoms with E-state index >= 15 is 0 Å². The Labute approximate surface area is 232 Å². The van der Waals surface area contributed by atoms with Crippen LogP contribution >= 0.6 is 23.5 Å². The van der Waals surface area contributed by atoms with E-state index in [1.807, 2.05) is 60.2 Å². The molecule has 2 aliphatic rings. The Morgan fingerprint density at radius 3 is 2.11 bits per heavy atom. The number of benzene rings is 1. The zero-order chi connectivity index (χ0) is 25.9. The molecule has 1 saturated carbocycles. The average Bonchev–Trinajstić information content (AvgIpc) is 2.95. The van der Waals surface area contributed by atoms with E-state index < -0.39 is 0 Å². The summed E-state index contributed by atoms with van der Waals surface area (Å²) in [5.41, 5.74) is 2.22. The minimum Gasteiger partial charge on any atom is -0.426 e. The highest BCUT2D eigenvalue weighted by Gasteiger charge is 2.28. The van der Waals surface area contributed by atoms with Gasteiger partial charge in [-0.25, -0.2) is 9.97 Å². The molecule has 2 fully saturated rings. The van der Waals surface area contributed by atoms with Gasteiger partial charge in [0, 0.05) is 29.5 Å². The van der Waals surface area contributed by atoms with E-state index in [1.54, 1.807) is 0 Å². The number of hydrogen-bond donors (Lipinski definition) is 0. The van der Waals surface area contributed by atoms with Gasteiger partial charge in [0.05, 0.1) is 10.5 Å². The Bertz CT molecular complexity index is 935. The fourth-order valence-electron chi connectivity index (χ4n) is 5.44. The summed E-state index contributed by atoms with van der Waals surface area (Å²) in [6.45, 7) is 4.52. The summed E-state index contributed by atoms with van der Waals surface area (Å²) < 4.78 is 6.34. The van der Waals surface area contributed by atoms with Gasteiger partial charge in [0.25, 0.3) is 0 Å². The van der Waals surface area contributed by atoms with E-state index in [1.165, 1.54) is 82.6 Å². The second-order valence-electron chi connectivity index (χ2n) is 10.8. The molecule has 0 amide bonds. The molecule has 1 aromatic heterocycles. The van der Waals surface area contributed by atoms with Crippen molar-refractivity contribution < 1.29 is 9.53 Å². The molecule has 1 saturated heterocycles. The van der Waals surface area contributed by atoms with Crippen molar-refractivity contribution in [3.05, 3.63) is 42.2 Å². The van der Waals surface area contributed by atoms with Crippen LogP contribution < -0.4 is 4.74 Å². The molecule has 2 heterocycles. The van der Waals surface area contributed by atoms with Crippen molar-refractivity contribution >= 4 is 29.5 Å². The molecule has 1 aromatic carbocycles. The lowest BCUT2D eigenvalue weighted by Gasteiger charge is -2.28. The number of hydrogen-bond acceptors (Lipinski definition) is 6. The summed E-state index contributed by atoms with van der Waals surface area (Å²) in [7, 11) is 0. The molecule has 1 aliphatic carbocycles. The van der Waals surface area contributed by atoms with Crippen molar-refractivity contribution in [3.63, 3.8) is 0 Å². The van der Waals surface area contributed by atoms with Crippen molar-refractivity contribution in [2.75, 3.05) is 11.5 Å². The highest BCUT2D eigenvalue weighted by Crippen LogP contribution is 2.38. The zero-order valence-electron chi connectivity index (χ0n) is 22.7. The van der Waals surface area contributed by atoms with Crippen LogP contribution in [0, 0.1) is 11.8 Å². The van der Waals surface area contributed by atoms with Crippen molar-refractivity contribution in [1.82, 2.24) is 9.97 Å². The lowest BCUT2D eigenvalue weighted by Crippen LogP contribution is -2.29. The largest absolute Gasteiger partial charge is 0.426 e. The molecule has 2 aromatic rings. The van der Waals surface area contributed by atoms with Crippen LogP contribution in [-0.2, 0) is 4.79 Å². The van der Waals surface area contributed by atoms with Crippen molar-refractivity contribution in [1.29, 1.82) is 0 Å². The van der Waals surface area contributed by atoms with E-state index in [-0.39, 0.29) is 11.9 Å². The number of esters is 1. The summed E-state index contributed by atoms with van der Waals surface area (Å²) in [6, 6.07) is 7.63. The van der Waals surface area contributed by atoms with E-state index in [4.69, 9.17) is 4.74 Å². The third kappa shape index (κ3) is 8.74. The van der Waals surface area contributed by atoms with Crippen molar-refractivity contribution in [2.24, 2.45) is 11.8 Å². The molecule has 37 heavy (non-hydrogen) atoms. The Balaban J connectivity index is 1.22. The van der Waals surface area contributed by atoms with Gasteiger partial charge >= 0.3 is 5.97 Å². The molecule has 4 rings (SSSR count). The monoisotopic (exact) mass is 540 g/mol. The second-order valence-corrected chi connectivity index (χ2v) is 13.6. The average molecular weight is 541 g/mol. The lowest BCUT2D eigenvalue weighted by molar-refractivity contribution is -0.137. The van der Waals surface area contributed by atoms with Crippen LogP contribution in [0.5, 0.6) is 5.75 Å². The Kier molecular flexibility index (Phi) is 11.7. The number of thioether (sulfide) groups is 2. The molecule has 0 radical (unpaired) electrons. The normalized spacial score (nSPS) is 24.1. The minimum absolute atomic E-state index is 0.0283. The molecule has 1 aliphatic heterocycles. The van der Waals surface area contributed by atoms with Gasteiger partial charge in [0.2, 0.25) is 0 Å². The molecule has 0 atom stereocenters. The zero-order valence-corrected chi connectivity index (χ0v) is 24.3. The third-order valence-electron chi connectivity index (χ3n) is 7.88. The minimum atomic E-state index is -0.111. The van der Waals surface area contributed by atoms with Gasteiger partial charge in [-0.05, 0) is 73.8 Å². The van der Waals surface area contributed by atoms with Crippen LogP contribution in [-0.4, -0.2) is 32.0 Å². The Morgan fingerprint density at radius 1 is 0.865 bits per heavy atom. The van der Waals surface area contributed by atoms with Gasteiger partial charge in [0.15, 0.2) is 5.82 Å². The van der Waals surface area contributed by atoms with Crippen LogP contribution in [0.25, 0.3) is 11.4 Å². The topological polar surface area (TPSA) is 52.1 Å². The first kappa shape index (κ1) is 28.5. The maximum atomic E-state index is 12.7. The van der Waals surface area contributed by atoms with Crippen LogP contribution in [0.4, 0.5) is 0 Å². The first-order chi connectivity index (χ1) is 18.2. The SMILES string of the molecule is CCCCCC1SCC(C(=O)Oc2ccc(-c3ncc([C@H]4CC[C@H](CCCCC)CC4)cn3)cc2)CS1. The molecular formula is C31H44N2O2S2. The molecule has 0 bridgehead atoms. The predicted octanol–water partition coefficient (Wildman–Crippen LogP) is 8.91. The molecule has 0 N–H and O–H groups in total. The summed E-state index contributed by atoms with van der Waals surface area (Å²) in [4.78, 5) is 22.0. The van der Waals surface area contributed by atoms with E-state index in [2.05, 4.69) is 23.8 Å². The van der Waals surface area contributed by atoms with Gasteiger partial charge in [-0.2, -0.15) is 0 Å². The van der Waals surface area contributed by atoms with Crippen LogP contribution in [0.3, 0.4) is 0 Å². The Morgan fingerprint density at radius 2 is 1.49 bits per heavy atom. The van der Waals surface area contributed by atoms with Crippen LogP contribution in [0.15, 0.2) is 36.7 Å². The first-order valence-electron chi connectivity index (χ1n) is 14.5. The molecule has 202 valence electrons. The number of carbonyl (C=O) groups excluding carboxylic acids is 1. The number of unbranched alkanes of at least 4 members (excludes halogenated alkanes) is 4. The number of ether oxygens (including phenoxy) is 1. The maximum Gasteiger partial charge on any atom is 0.316 e. The van der Waals surface area contributed by atoms with Gasteiger partial charge < -0.3 is 4.74 Å². The number of carbonyl (C=O) groups is 1. The molecular weight excluding hydrogens is 496 g/mol. The highest BCUT2D eigenvalue weighted by molar-refractivity contribution is 8.17. The predicted molar refractivity (Wildman–Crippen MR) is 158 cm³/mol. The van der Waals surface area contributed by atoms with Crippen LogP contribution in [0.1, 0.15) is 102 Å².